The molecular weight excluding hydrogens is 330 g/mol. The van der Waals surface area contributed by atoms with Gasteiger partial charge in [0.2, 0.25) is 0 Å². The molecule has 0 bridgehead atoms. The number of rotatable bonds is 4. The van der Waals surface area contributed by atoms with Gasteiger partial charge in [-0.2, -0.15) is 0 Å². The lowest BCUT2D eigenvalue weighted by Crippen LogP contribution is -2.00. The zero-order chi connectivity index (χ0) is 13.8. The summed E-state index contributed by atoms with van der Waals surface area (Å²) in [4.78, 5) is 0. The average Bonchev–Trinajstić information content (AvgIpc) is 2.40. The molecular formula is C14H13BrClNO2. The van der Waals surface area contributed by atoms with Crippen LogP contribution in [-0.2, 0) is 6.54 Å². The first kappa shape index (κ1) is 14.0. The van der Waals surface area contributed by atoms with Crippen molar-refractivity contribution in [1.82, 2.24) is 0 Å². The Labute approximate surface area is 125 Å². The molecule has 0 aliphatic carbocycles. The zero-order valence-corrected chi connectivity index (χ0v) is 12.6. The number of aromatic hydroxyl groups is 1. The van der Waals surface area contributed by atoms with Gasteiger partial charge in [-0.25, -0.2) is 0 Å². The van der Waals surface area contributed by atoms with E-state index in [1.54, 1.807) is 31.4 Å². The van der Waals surface area contributed by atoms with Gasteiger partial charge in [0.05, 0.1) is 12.1 Å². The standard InChI is InChI=1S/C14H13BrClNO2/c1-19-14-5-3-11(7-12(14)16)17-8-9-6-10(15)2-4-13(9)18/h2-7,17-18H,8H2,1H3. The Morgan fingerprint density at radius 3 is 2.74 bits per heavy atom. The van der Waals surface area contributed by atoms with Gasteiger partial charge in [0.1, 0.15) is 11.5 Å². The molecule has 0 unspecified atom stereocenters. The van der Waals surface area contributed by atoms with E-state index in [4.69, 9.17) is 16.3 Å². The lowest BCUT2D eigenvalue weighted by Gasteiger charge is -2.10. The SMILES string of the molecule is COc1ccc(NCc2cc(Br)ccc2O)cc1Cl. The van der Waals surface area contributed by atoms with E-state index < -0.39 is 0 Å². The van der Waals surface area contributed by atoms with Crippen molar-refractivity contribution in [3.8, 4) is 11.5 Å². The van der Waals surface area contributed by atoms with Gasteiger partial charge in [-0.1, -0.05) is 27.5 Å². The maximum absolute atomic E-state index is 9.74. The van der Waals surface area contributed by atoms with Crippen molar-refractivity contribution in [2.45, 2.75) is 6.54 Å². The monoisotopic (exact) mass is 341 g/mol. The van der Waals surface area contributed by atoms with Gasteiger partial charge < -0.3 is 15.2 Å². The second-order valence-electron chi connectivity index (χ2n) is 3.98. The highest BCUT2D eigenvalue weighted by Crippen LogP contribution is 2.28. The first-order valence-corrected chi connectivity index (χ1v) is 6.82. The fraction of sp³-hybridized carbons (Fsp3) is 0.143. The number of ether oxygens (including phenoxy) is 1. The minimum atomic E-state index is 0.260. The molecule has 0 heterocycles. The molecule has 0 spiro atoms. The number of hydrogen-bond acceptors (Lipinski definition) is 3. The summed E-state index contributed by atoms with van der Waals surface area (Å²) in [6.07, 6.45) is 0. The van der Waals surface area contributed by atoms with Crippen molar-refractivity contribution in [3.05, 3.63) is 51.5 Å². The normalized spacial score (nSPS) is 10.3. The summed E-state index contributed by atoms with van der Waals surface area (Å²) in [5, 5.41) is 13.5. The number of anilines is 1. The fourth-order valence-corrected chi connectivity index (χ4v) is 2.34. The van der Waals surface area contributed by atoms with Gasteiger partial charge in [-0.15, -0.1) is 0 Å². The Morgan fingerprint density at radius 1 is 1.26 bits per heavy atom. The van der Waals surface area contributed by atoms with Crippen molar-refractivity contribution in [1.29, 1.82) is 0 Å². The molecule has 2 aromatic carbocycles. The molecule has 0 atom stereocenters. The molecule has 2 rings (SSSR count). The molecule has 0 aliphatic heterocycles. The molecule has 3 nitrogen and oxygen atoms in total. The molecule has 19 heavy (non-hydrogen) atoms. The minimum Gasteiger partial charge on any atom is -0.508 e. The molecule has 100 valence electrons. The van der Waals surface area contributed by atoms with Crippen molar-refractivity contribution < 1.29 is 9.84 Å². The number of hydrogen-bond donors (Lipinski definition) is 2. The maximum atomic E-state index is 9.74. The van der Waals surface area contributed by atoms with E-state index in [0.29, 0.717) is 17.3 Å². The summed E-state index contributed by atoms with van der Waals surface area (Å²) in [7, 11) is 1.58. The number of methoxy groups -OCH3 is 1. The van der Waals surface area contributed by atoms with E-state index >= 15 is 0 Å². The predicted octanol–water partition coefficient (Wildman–Crippen LogP) is 4.43. The van der Waals surface area contributed by atoms with Crippen molar-refractivity contribution in [2.24, 2.45) is 0 Å². The van der Waals surface area contributed by atoms with Crippen LogP contribution < -0.4 is 10.1 Å². The number of halogens is 2. The van der Waals surface area contributed by atoms with Crippen LogP contribution in [0.25, 0.3) is 0 Å². The lowest BCUT2D eigenvalue weighted by atomic mass is 10.2. The Kier molecular flexibility index (Phi) is 4.56. The lowest BCUT2D eigenvalue weighted by molar-refractivity contribution is 0.415. The average molecular weight is 343 g/mol. The van der Waals surface area contributed by atoms with Crippen molar-refractivity contribution in [3.63, 3.8) is 0 Å². The van der Waals surface area contributed by atoms with Crippen LogP contribution in [0.15, 0.2) is 40.9 Å². The van der Waals surface area contributed by atoms with Gasteiger partial charge in [0.25, 0.3) is 0 Å². The van der Waals surface area contributed by atoms with Gasteiger partial charge in [-0.3, -0.25) is 0 Å². The number of phenolic OH excluding ortho intramolecular Hbond substituents is 1. The van der Waals surface area contributed by atoms with E-state index in [2.05, 4.69) is 21.2 Å². The molecule has 2 aromatic rings. The van der Waals surface area contributed by atoms with Gasteiger partial charge in [-0.05, 0) is 36.4 Å². The summed E-state index contributed by atoms with van der Waals surface area (Å²) in [6, 6.07) is 10.8. The number of benzene rings is 2. The van der Waals surface area contributed by atoms with Gasteiger partial charge >= 0.3 is 0 Å². The molecule has 0 fully saturated rings. The number of phenols is 1. The molecule has 0 aromatic heterocycles. The molecule has 0 saturated heterocycles. The summed E-state index contributed by atoms with van der Waals surface area (Å²) in [5.74, 6) is 0.896. The second kappa shape index (κ2) is 6.17. The summed E-state index contributed by atoms with van der Waals surface area (Å²) >= 11 is 9.42. The third kappa shape index (κ3) is 3.55. The van der Waals surface area contributed by atoms with Crippen molar-refractivity contribution in [2.75, 3.05) is 12.4 Å². The molecule has 0 radical (unpaired) electrons. The molecule has 2 N–H and O–H groups in total. The van der Waals surface area contributed by atoms with E-state index in [-0.39, 0.29) is 5.75 Å². The third-order valence-electron chi connectivity index (χ3n) is 2.68. The van der Waals surface area contributed by atoms with Crippen LogP contribution in [0.5, 0.6) is 11.5 Å². The molecule has 0 amide bonds. The Balaban J connectivity index is 2.10. The predicted molar refractivity (Wildman–Crippen MR) is 81.1 cm³/mol. The summed E-state index contributed by atoms with van der Waals surface area (Å²) in [6.45, 7) is 0.508. The second-order valence-corrected chi connectivity index (χ2v) is 5.30. The molecule has 0 aliphatic rings. The van der Waals surface area contributed by atoms with Gasteiger partial charge in [0, 0.05) is 22.3 Å². The Morgan fingerprint density at radius 2 is 2.05 bits per heavy atom. The highest BCUT2D eigenvalue weighted by atomic mass is 79.9. The Bertz CT molecular complexity index is 590. The van der Waals surface area contributed by atoms with Crippen LogP contribution in [-0.4, -0.2) is 12.2 Å². The van der Waals surface area contributed by atoms with Crippen LogP contribution in [0.2, 0.25) is 5.02 Å². The highest BCUT2D eigenvalue weighted by molar-refractivity contribution is 9.10. The Hall–Kier alpha value is -1.39. The number of nitrogens with one attached hydrogen (secondary N) is 1. The third-order valence-corrected chi connectivity index (χ3v) is 3.46. The highest BCUT2D eigenvalue weighted by Gasteiger charge is 2.04. The van der Waals surface area contributed by atoms with E-state index in [0.717, 1.165) is 15.7 Å². The topological polar surface area (TPSA) is 41.5 Å². The molecule has 0 saturated carbocycles. The van der Waals surface area contributed by atoms with E-state index in [9.17, 15) is 5.11 Å². The van der Waals surface area contributed by atoms with E-state index in [1.807, 2.05) is 12.1 Å². The van der Waals surface area contributed by atoms with Crippen LogP contribution in [0.4, 0.5) is 5.69 Å². The van der Waals surface area contributed by atoms with Crippen LogP contribution in [0.3, 0.4) is 0 Å². The smallest absolute Gasteiger partial charge is 0.137 e. The fourth-order valence-electron chi connectivity index (χ4n) is 1.67. The minimum absolute atomic E-state index is 0.260. The quantitative estimate of drug-likeness (QED) is 0.863. The van der Waals surface area contributed by atoms with Crippen molar-refractivity contribution >= 4 is 33.2 Å². The van der Waals surface area contributed by atoms with Crippen LogP contribution in [0, 0.1) is 0 Å². The zero-order valence-electron chi connectivity index (χ0n) is 10.3. The maximum Gasteiger partial charge on any atom is 0.137 e. The first-order valence-electron chi connectivity index (χ1n) is 5.65. The largest absolute Gasteiger partial charge is 0.508 e. The van der Waals surface area contributed by atoms with Gasteiger partial charge in [0.15, 0.2) is 0 Å². The van der Waals surface area contributed by atoms with Crippen LogP contribution >= 0.6 is 27.5 Å². The first-order chi connectivity index (χ1) is 9.10. The summed E-state index contributed by atoms with van der Waals surface area (Å²) in [5.41, 5.74) is 1.67. The summed E-state index contributed by atoms with van der Waals surface area (Å²) < 4.78 is 6.02. The van der Waals surface area contributed by atoms with Crippen LogP contribution in [0.1, 0.15) is 5.56 Å². The van der Waals surface area contributed by atoms with E-state index in [1.165, 1.54) is 0 Å². The molecule has 5 heteroatoms.